The van der Waals surface area contributed by atoms with Crippen LogP contribution in [0.15, 0.2) is 65.8 Å². The van der Waals surface area contributed by atoms with Crippen molar-refractivity contribution in [1.29, 1.82) is 0 Å². The van der Waals surface area contributed by atoms with Crippen molar-refractivity contribution in [1.82, 2.24) is 20.2 Å². The zero-order valence-corrected chi connectivity index (χ0v) is 17.1. The second-order valence-electron chi connectivity index (χ2n) is 7.54. The number of hydrogen-bond acceptors (Lipinski definition) is 5. The van der Waals surface area contributed by atoms with Crippen LogP contribution in [-0.4, -0.2) is 26.5 Å². The van der Waals surface area contributed by atoms with Crippen molar-refractivity contribution in [2.24, 2.45) is 0 Å². The Morgan fingerprint density at radius 3 is 2.04 bits per heavy atom. The minimum absolute atomic E-state index is 0.0944. The maximum atomic E-state index is 12.7. The van der Waals surface area contributed by atoms with E-state index in [2.05, 4.69) is 15.5 Å². The van der Waals surface area contributed by atoms with E-state index in [1.54, 1.807) is 0 Å². The van der Waals surface area contributed by atoms with Gasteiger partial charge in [-0.1, -0.05) is 93.2 Å². The first kappa shape index (κ1) is 19.9. The van der Waals surface area contributed by atoms with E-state index in [-0.39, 0.29) is 23.1 Å². The van der Waals surface area contributed by atoms with Crippen LogP contribution in [0, 0.1) is 0 Å². The first-order valence-corrected chi connectivity index (χ1v) is 10.1. The van der Waals surface area contributed by atoms with Crippen molar-refractivity contribution >= 4 is 17.7 Å². The number of nitrogens with zero attached hydrogens (tertiary/aromatic N) is 3. The largest absolute Gasteiger partial charge is 0.344 e. The monoisotopic (exact) mass is 395 g/mol. The molecule has 0 atom stereocenters. The molecule has 2 aromatic carbocycles. The molecule has 0 unspecified atom stereocenters. The second kappa shape index (κ2) is 8.48. The number of benzene rings is 2. The van der Waals surface area contributed by atoms with Gasteiger partial charge < -0.3 is 11.2 Å². The lowest BCUT2D eigenvalue weighted by Gasteiger charge is -2.20. The van der Waals surface area contributed by atoms with Gasteiger partial charge in [0.15, 0.2) is 5.82 Å². The molecular weight excluding hydrogens is 370 g/mol. The number of thioether (sulfide) groups is 1. The molecule has 6 nitrogen and oxygen atoms in total. The Morgan fingerprint density at radius 1 is 1.04 bits per heavy atom. The van der Waals surface area contributed by atoms with E-state index in [0.29, 0.717) is 11.0 Å². The molecule has 7 heteroatoms. The zero-order valence-electron chi connectivity index (χ0n) is 16.3. The molecule has 0 saturated heterocycles. The number of nitrogens with one attached hydrogen (secondary N) is 1. The van der Waals surface area contributed by atoms with Gasteiger partial charge in [-0.3, -0.25) is 4.79 Å². The van der Waals surface area contributed by atoms with Crippen LogP contribution in [-0.2, 0) is 10.2 Å². The molecule has 3 aromatic rings. The number of carbonyl (C=O) groups excluding carboxylic acids is 1. The number of nitrogens with two attached hydrogens (primary N) is 1. The number of amides is 1. The molecule has 0 spiro atoms. The molecule has 0 aliphatic carbocycles. The highest BCUT2D eigenvalue weighted by Crippen LogP contribution is 2.24. The normalized spacial score (nSPS) is 11.6. The van der Waals surface area contributed by atoms with Crippen LogP contribution in [0.5, 0.6) is 0 Å². The molecule has 0 saturated carbocycles. The molecule has 0 radical (unpaired) electrons. The molecule has 0 aliphatic rings. The number of hydrogen-bond donors (Lipinski definition) is 2. The average Bonchev–Trinajstić information content (AvgIpc) is 3.07. The van der Waals surface area contributed by atoms with Gasteiger partial charge in [-0.2, -0.15) is 0 Å². The third-order valence-corrected chi connectivity index (χ3v) is 5.18. The van der Waals surface area contributed by atoms with Crippen LogP contribution in [0.2, 0.25) is 0 Å². The van der Waals surface area contributed by atoms with Crippen molar-refractivity contribution < 1.29 is 4.79 Å². The third kappa shape index (κ3) is 4.72. The summed E-state index contributed by atoms with van der Waals surface area (Å²) in [5.74, 6) is 6.89. The summed E-state index contributed by atoms with van der Waals surface area (Å²) < 4.78 is 1.46. The second-order valence-corrected chi connectivity index (χ2v) is 8.48. The van der Waals surface area contributed by atoms with E-state index in [9.17, 15) is 4.79 Å². The summed E-state index contributed by atoms with van der Waals surface area (Å²) in [5, 5.41) is 11.9. The van der Waals surface area contributed by atoms with Gasteiger partial charge in [-0.15, -0.1) is 10.2 Å². The van der Waals surface area contributed by atoms with Crippen molar-refractivity contribution in [3.8, 4) is 0 Å². The van der Waals surface area contributed by atoms with Gasteiger partial charge in [-0.25, -0.2) is 4.68 Å². The number of aromatic nitrogens is 3. The molecule has 28 heavy (non-hydrogen) atoms. The fraction of sp³-hybridized carbons (Fsp3) is 0.286. The molecule has 3 rings (SSSR count). The van der Waals surface area contributed by atoms with Gasteiger partial charge in [0.05, 0.1) is 11.8 Å². The van der Waals surface area contributed by atoms with Crippen LogP contribution in [0.25, 0.3) is 0 Å². The van der Waals surface area contributed by atoms with Crippen molar-refractivity contribution in [2.75, 3.05) is 11.6 Å². The molecule has 1 amide bonds. The molecule has 1 aromatic heterocycles. The number of nitrogen functional groups attached to an aromatic ring is 1. The van der Waals surface area contributed by atoms with Crippen LogP contribution in [0.1, 0.15) is 43.8 Å². The Morgan fingerprint density at radius 2 is 1.57 bits per heavy atom. The lowest BCUT2D eigenvalue weighted by atomic mass is 9.96. The summed E-state index contributed by atoms with van der Waals surface area (Å²) in [6, 6.07) is 19.6. The molecule has 1 heterocycles. The fourth-order valence-corrected chi connectivity index (χ4v) is 3.54. The highest BCUT2D eigenvalue weighted by atomic mass is 32.2. The Labute approximate surface area is 169 Å². The topological polar surface area (TPSA) is 85.8 Å². The fourth-order valence-electron chi connectivity index (χ4n) is 2.87. The summed E-state index contributed by atoms with van der Waals surface area (Å²) in [6.07, 6.45) is 0. The Bertz CT molecular complexity index is 879. The van der Waals surface area contributed by atoms with Gasteiger partial charge in [0.1, 0.15) is 0 Å². The molecule has 0 aliphatic heterocycles. The van der Waals surface area contributed by atoms with Crippen molar-refractivity contribution in [3.63, 3.8) is 0 Å². The van der Waals surface area contributed by atoms with Crippen LogP contribution in [0.3, 0.4) is 0 Å². The standard InChI is InChI=1S/C21H25N5OS/c1-21(2,3)19-24-25-20(26(19)22)28-14-17(27)23-18(15-10-6-4-7-11-15)16-12-8-5-9-13-16/h4-13,18H,14,22H2,1-3H3,(H,23,27). The summed E-state index contributed by atoms with van der Waals surface area (Å²) in [5.41, 5.74) is 1.85. The Hall–Kier alpha value is -2.80. The van der Waals surface area contributed by atoms with E-state index in [0.717, 1.165) is 11.1 Å². The van der Waals surface area contributed by atoms with Gasteiger partial charge >= 0.3 is 0 Å². The zero-order chi connectivity index (χ0) is 20.1. The minimum atomic E-state index is -0.214. The van der Waals surface area contributed by atoms with Crippen LogP contribution >= 0.6 is 11.8 Å². The summed E-state index contributed by atoms with van der Waals surface area (Å²) >= 11 is 1.28. The van der Waals surface area contributed by atoms with E-state index >= 15 is 0 Å². The average molecular weight is 396 g/mol. The van der Waals surface area contributed by atoms with Crippen LogP contribution < -0.4 is 11.2 Å². The van der Waals surface area contributed by atoms with E-state index in [4.69, 9.17) is 5.84 Å². The summed E-state index contributed by atoms with van der Waals surface area (Å²) in [4.78, 5) is 12.7. The molecule has 3 N–H and O–H groups in total. The van der Waals surface area contributed by atoms with Crippen molar-refractivity contribution in [3.05, 3.63) is 77.6 Å². The first-order chi connectivity index (χ1) is 13.4. The van der Waals surface area contributed by atoms with Gasteiger partial charge in [0.2, 0.25) is 11.1 Å². The van der Waals surface area contributed by atoms with E-state index < -0.39 is 0 Å². The SMILES string of the molecule is CC(C)(C)c1nnc(SCC(=O)NC(c2ccccc2)c2ccccc2)n1N. The van der Waals surface area contributed by atoms with Gasteiger partial charge in [-0.05, 0) is 11.1 Å². The van der Waals surface area contributed by atoms with Crippen LogP contribution in [0.4, 0.5) is 0 Å². The summed E-state index contributed by atoms with van der Waals surface area (Å²) in [6.45, 7) is 6.06. The molecule has 0 fully saturated rings. The minimum Gasteiger partial charge on any atom is -0.344 e. The quantitative estimate of drug-likeness (QED) is 0.494. The lowest BCUT2D eigenvalue weighted by molar-refractivity contribution is -0.119. The van der Waals surface area contributed by atoms with E-state index in [1.807, 2.05) is 81.4 Å². The predicted octanol–water partition coefficient (Wildman–Crippen LogP) is 3.29. The maximum Gasteiger partial charge on any atom is 0.231 e. The molecular formula is C21H25N5OS. The highest BCUT2D eigenvalue weighted by Gasteiger charge is 2.24. The van der Waals surface area contributed by atoms with Gasteiger partial charge in [0, 0.05) is 5.41 Å². The van der Waals surface area contributed by atoms with Gasteiger partial charge in [0.25, 0.3) is 0 Å². The lowest BCUT2D eigenvalue weighted by Crippen LogP contribution is -2.31. The number of rotatable bonds is 6. The molecule has 0 bridgehead atoms. The van der Waals surface area contributed by atoms with E-state index in [1.165, 1.54) is 16.4 Å². The smallest absolute Gasteiger partial charge is 0.231 e. The maximum absolute atomic E-state index is 12.7. The third-order valence-electron chi connectivity index (χ3n) is 4.24. The van der Waals surface area contributed by atoms with Crippen molar-refractivity contribution in [2.45, 2.75) is 37.4 Å². The first-order valence-electron chi connectivity index (χ1n) is 9.09. The summed E-state index contributed by atoms with van der Waals surface area (Å²) in [7, 11) is 0. The highest BCUT2D eigenvalue weighted by molar-refractivity contribution is 7.99. The number of carbonyl (C=O) groups is 1. The Kier molecular flexibility index (Phi) is 6.04. The predicted molar refractivity (Wildman–Crippen MR) is 112 cm³/mol. The molecule has 146 valence electrons. The Balaban J connectivity index is 1.71.